The van der Waals surface area contributed by atoms with Gasteiger partial charge in [-0.25, -0.2) is 8.42 Å². The van der Waals surface area contributed by atoms with E-state index in [9.17, 15) is 8.42 Å². The van der Waals surface area contributed by atoms with Crippen molar-refractivity contribution in [3.05, 3.63) is 17.5 Å². The maximum absolute atomic E-state index is 12.5. The molecule has 0 unspecified atom stereocenters. The van der Waals surface area contributed by atoms with Gasteiger partial charge >= 0.3 is 0 Å². The van der Waals surface area contributed by atoms with Crippen LogP contribution in [0.25, 0.3) is 0 Å². The molecule has 2 aliphatic rings. The number of rotatable bonds is 6. The first-order valence-corrected chi connectivity index (χ1v) is 11.7. The minimum Gasteiger partial charge on any atom is -0.379 e. The smallest absolute Gasteiger partial charge is 0.252 e. The maximum atomic E-state index is 12.5. The molecular formula is C16H26N4O3S3. The molecule has 2 fully saturated rings. The molecule has 7 nitrogen and oxygen atoms in total. The van der Waals surface area contributed by atoms with Gasteiger partial charge in [0.25, 0.3) is 10.0 Å². The monoisotopic (exact) mass is 418 g/mol. The minimum absolute atomic E-state index is 0.412. The van der Waals surface area contributed by atoms with Gasteiger partial charge in [-0.3, -0.25) is 4.90 Å². The lowest BCUT2D eigenvalue weighted by Crippen LogP contribution is -2.53. The lowest BCUT2D eigenvalue weighted by atomic mass is 10.3. The topological polar surface area (TPSA) is 65.1 Å². The summed E-state index contributed by atoms with van der Waals surface area (Å²) in [6, 6.07) is 3.43. The Morgan fingerprint density at radius 1 is 1.19 bits per heavy atom. The normalized spacial score (nSPS) is 20.2. The summed E-state index contributed by atoms with van der Waals surface area (Å²) < 4.78 is 32.4. The first kappa shape index (κ1) is 20.0. The molecule has 0 aliphatic carbocycles. The molecule has 2 saturated heterocycles. The molecule has 0 atom stereocenters. The van der Waals surface area contributed by atoms with E-state index in [1.54, 1.807) is 21.8 Å². The van der Waals surface area contributed by atoms with Gasteiger partial charge in [0.15, 0.2) is 5.11 Å². The van der Waals surface area contributed by atoms with Gasteiger partial charge in [0.2, 0.25) is 0 Å². The lowest BCUT2D eigenvalue weighted by molar-refractivity contribution is 0.0375. The van der Waals surface area contributed by atoms with Crippen molar-refractivity contribution in [1.29, 1.82) is 0 Å². The van der Waals surface area contributed by atoms with Crippen LogP contribution in [0, 0.1) is 0 Å². The predicted octanol–water partition coefficient (Wildman–Crippen LogP) is 0.651. The van der Waals surface area contributed by atoms with Gasteiger partial charge in [0.1, 0.15) is 4.21 Å². The van der Waals surface area contributed by atoms with E-state index in [-0.39, 0.29) is 0 Å². The average molecular weight is 419 g/mol. The molecule has 1 aromatic rings. The van der Waals surface area contributed by atoms with E-state index < -0.39 is 10.0 Å². The molecule has 146 valence electrons. The second kappa shape index (κ2) is 9.43. The second-order valence-corrected chi connectivity index (χ2v) is 9.86. The number of piperazine rings is 1. The third-order valence-corrected chi connectivity index (χ3v) is 8.32. The summed E-state index contributed by atoms with van der Waals surface area (Å²) in [5.74, 6) is 0. The Morgan fingerprint density at radius 3 is 2.58 bits per heavy atom. The number of morpholine rings is 1. The van der Waals surface area contributed by atoms with Crippen LogP contribution in [0.5, 0.6) is 0 Å². The van der Waals surface area contributed by atoms with E-state index in [2.05, 4.69) is 15.1 Å². The molecule has 3 rings (SSSR count). The van der Waals surface area contributed by atoms with Gasteiger partial charge in [-0.1, -0.05) is 6.07 Å². The maximum Gasteiger partial charge on any atom is 0.252 e. The largest absolute Gasteiger partial charge is 0.379 e. The zero-order valence-electron chi connectivity index (χ0n) is 14.8. The number of sulfonamides is 1. The van der Waals surface area contributed by atoms with Crippen molar-refractivity contribution in [2.24, 2.45) is 0 Å². The Bertz CT molecular complexity index is 667. The third-order valence-electron chi connectivity index (χ3n) is 4.65. The minimum atomic E-state index is -3.36. The molecule has 2 aliphatic heterocycles. The van der Waals surface area contributed by atoms with Crippen LogP contribution in [-0.2, 0) is 14.8 Å². The van der Waals surface area contributed by atoms with Gasteiger partial charge in [-0.05, 0) is 36.6 Å². The molecule has 26 heavy (non-hydrogen) atoms. The van der Waals surface area contributed by atoms with Crippen LogP contribution in [0.2, 0.25) is 0 Å². The summed E-state index contributed by atoms with van der Waals surface area (Å²) in [4.78, 5) is 4.47. The van der Waals surface area contributed by atoms with Crippen LogP contribution in [0.1, 0.15) is 6.42 Å². The zero-order valence-corrected chi connectivity index (χ0v) is 17.3. The van der Waals surface area contributed by atoms with Crippen molar-refractivity contribution < 1.29 is 13.2 Å². The first-order chi connectivity index (χ1) is 12.6. The summed E-state index contributed by atoms with van der Waals surface area (Å²) in [5, 5.41) is 5.82. The van der Waals surface area contributed by atoms with Crippen molar-refractivity contribution in [2.45, 2.75) is 10.6 Å². The molecule has 10 heteroatoms. The summed E-state index contributed by atoms with van der Waals surface area (Å²) in [6.45, 7) is 7.73. The third kappa shape index (κ3) is 5.14. The lowest BCUT2D eigenvalue weighted by Gasteiger charge is -2.35. The van der Waals surface area contributed by atoms with Crippen molar-refractivity contribution in [2.75, 3.05) is 65.6 Å². The molecule has 0 radical (unpaired) electrons. The van der Waals surface area contributed by atoms with Gasteiger partial charge in [0, 0.05) is 45.8 Å². The van der Waals surface area contributed by atoms with E-state index in [0.717, 1.165) is 50.9 Å². The fourth-order valence-corrected chi connectivity index (χ4v) is 5.95. The van der Waals surface area contributed by atoms with Crippen molar-refractivity contribution in [3.63, 3.8) is 0 Å². The summed E-state index contributed by atoms with van der Waals surface area (Å²) in [5.41, 5.74) is 0. The number of ether oxygens (including phenoxy) is 1. The van der Waals surface area contributed by atoms with Crippen molar-refractivity contribution in [3.8, 4) is 0 Å². The van der Waals surface area contributed by atoms with Crippen LogP contribution in [-0.4, -0.2) is 93.2 Å². The number of nitrogens with one attached hydrogen (secondary N) is 1. The van der Waals surface area contributed by atoms with Crippen LogP contribution in [0.15, 0.2) is 21.7 Å². The van der Waals surface area contributed by atoms with Crippen LogP contribution < -0.4 is 5.32 Å². The van der Waals surface area contributed by atoms with Gasteiger partial charge in [0.05, 0.1) is 13.2 Å². The number of thiocarbonyl (C=S) groups is 1. The quantitative estimate of drug-likeness (QED) is 0.538. The van der Waals surface area contributed by atoms with E-state index in [1.807, 2.05) is 0 Å². The van der Waals surface area contributed by atoms with E-state index in [1.165, 1.54) is 11.3 Å². The molecule has 0 aromatic carbocycles. The van der Waals surface area contributed by atoms with E-state index in [4.69, 9.17) is 17.0 Å². The van der Waals surface area contributed by atoms with Crippen LogP contribution in [0.3, 0.4) is 0 Å². The Kier molecular flexibility index (Phi) is 7.24. The molecule has 3 heterocycles. The highest BCUT2D eigenvalue weighted by Gasteiger charge is 2.29. The van der Waals surface area contributed by atoms with Gasteiger partial charge in [-0.2, -0.15) is 4.31 Å². The van der Waals surface area contributed by atoms with Crippen molar-refractivity contribution >= 4 is 38.7 Å². The number of hydrogen-bond acceptors (Lipinski definition) is 6. The second-order valence-electron chi connectivity index (χ2n) is 6.36. The average Bonchev–Trinajstić information content (AvgIpc) is 3.22. The Hall–Kier alpha value is -0.780. The molecule has 0 bridgehead atoms. The highest BCUT2D eigenvalue weighted by molar-refractivity contribution is 7.91. The zero-order chi connectivity index (χ0) is 18.4. The summed E-state index contributed by atoms with van der Waals surface area (Å²) >= 11 is 6.73. The van der Waals surface area contributed by atoms with Crippen LogP contribution in [0.4, 0.5) is 0 Å². The predicted molar refractivity (Wildman–Crippen MR) is 107 cm³/mol. The van der Waals surface area contributed by atoms with E-state index in [0.29, 0.717) is 30.4 Å². The van der Waals surface area contributed by atoms with Gasteiger partial charge in [-0.15, -0.1) is 11.3 Å². The standard InChI is InChI=1S/C16H26N4O3S3/c21-26(22,15-3-1-14-25-15)20-8-6-19(7-9-20)16(24)17-4-2-5-18-10-12-23-13-11-18/h1,3,14H,2,4-13H2,(H,17,24). The SMILES string of the molecule is O=S(=O)(c1cccs1)N1CCN(C(=S)NCCCN2CCOCC2)CC1. The first-order valence-electron chi connectivity index (χ1n) is 8.94. The molecule has 1 N–H and O–H groups in total. The fraction of sp³-hybridized carbons (Fsp3) is 0.688. The number of nitrogens with zero attached hydrogens (tertiary/aromatic N) is 3. The Labute approximate surface area is 165 Å². The summed E-state index contributed by atoms with van der Waals surface area (Å²) in [6.07, 6.45) is 1.03. The van der Waals surface area contributed by atoms with Gasteiger partial charge < -0.3 is 15.0 Å². The fourth-order valence-electron chi connectivity index (χ4n) is 3.10. The number of thiophene rings is 1. The van der Waals surface area contributed by atoms with Crippen molar-refractivity contribution in [1.82, 2.24) is 19.4 Å². The van der Waals surface area contributed by atoms with E-state index >= 15 is 0 Å². The Morgan fingerprint density at radius 2 is 1.92 bits per heavy atom. The number of hydrogen-bond donors (Lipinski definition) is 1. The molecule has 0 spiro atoms. The molecule has 0 amide bonds. The highest BCUT2D eigenvalue weighted by atomic mass is 32.2. The summed E-state index contributed by atoms with van der Waals surface area (Å²) in [7, 11) is -3.36. The molecule has 0 saturated carbocycles. The molecule has 1 aromatic heterocycles. The molecular weight excluding hydrogens is 392 g/mol. The Balaban J connectivity index is 1.37. The van der Waals surface area contributed by atoms with Crippen LogP contribution >= 0.6 is 23.6 Å². The highest BCUT2D eigenvalue weighted by Crippen LogP contribution is 2.22.